The Morgan fingerprint density at radius 1 is 1.46 bits per heavy atom. The van der Waals surface area contributed by atoms with Crippen molar-refractivity contribution in [3.8, 4) is 0 Å². The number of rotatable bonds is 2. The molecule has 0 aliphatic heterocycles. The summed E-state index contributed by atoms with van der Waals surface area (Å²) in [5, 5.41) is 0.584. The first-order valence-corrected chi connectivity index (χ1v) is 4.56. The van der Waals surface area contributed by atoms with Gasteiger partial charge in [0.2, 0.25) is 0 Å². The van der Waals surface area contributed by atoms with Crippen LogP contribution >= 0.6 is 11.6 Å². The molecule has 13 heavy (non-hydrogen) atoms. The van der Waals surface area contributed by atoms with E-state index in [2.05, 4.69) is 0 Å². The van der Waals surface area contributed by atoms with E-state index in [0.717, 1.165) is 18.4 Å². The Labute approximate surface area is 81.5 Å². The lowest BCUT2D eigenvalue weighted by atomic mass is 10.1. The van der Waals surface area contributed by atoms with Gasteiger partial charge in [0.25, 0.3) is 0 Å². The molecular formula is C10H10ClFO. The highest BCUT2D eigenvalue weighted by atomic mass is 35.5. The third-order valence-electron chi connectivity index (χ3n) is 2.51. The van der Waals surface area contributed by atoms with E-state index in [-0.39, 0.29) is 11.4 Å². The molecule has 0 unspecified atom stereocenters. The van der Waals surface area contributed by atoms with Crippen LogP contribution in [0.15, 0.2) is 18.2 Å². The highest BCUT2D eigenvalue weighted by molar-refractivity contribution is 6.31. The van der Waals surface area contributed by atoms with E-state index in [1.54, 1.807) is 13.2 Å². The summed E-state index contributed by atoms with van der Waals surface area (Å²) >= 11 is 5.95. The highest BCUT2D eigenvalue weighted by Crippen LogP contribution is 2.50. The van der Waals surface area contributed by atoms with Crippen LogP contribution in [-0.4, -0.2) is 7.11 Å². The van der Waals surface area contributed by atoms with E-state index in [9.17, 15) is 4.39 Å². The zero-order valence-corrected chi connectivity index (χ0v) is 8.07. The molecular weight excluding hydrogens is 191 g/mol. The van der Waals surface area contributed by atoms with E-state index < -0.39 is 0 Å². The molecule has 70 valence electrons. The Bertz CT molecular complexity index is 334. The van der Waals surface area contributed by atoms with Crippen molar-refractivity contribution < 1.29 is 9.13 Å². The number of hydrogen-bond donors (Lipinski definition) is 0. The summed E-state index contributed by atoms with van der Waals surface area (Å²) in [5.74, 6) is -0.261. The lowest BCUT2D eigenvalue weighted by Gasteiger charge is -2.15. The third kappa shape index (κ3) is 1.45. The Kier molecular flexibility index (Phi) is 2.05. The minimum absolute atomic E-state index is 0.261. The van der Waals surface area contributed by atoms with Gasteiger partial charge in [-0.15, -0.1) is 0 Å². The second kappa shape index (κ2) is 2.96. The number of hydrogen-bond acceptors (Lipinski definition) is 1. The van der Waals surface area contributed by atoms with Crippen molar-refractivity contribution in [3.05, 3.63) is 34.6 Å². The molecule has 1 saturated carbocycles. The molecule has 0 spiro atoms. The first kappa shape index (κ1) is 8.97. The fraction of sp³-hybridized carbons (Fsp3) is 0.400. The van der Waals surface area contributed by atoms with Crippen LogP contribution in [0.5, 0.6) is 0 Å². The van der Waals surface area contributed by atoms with Gasteiger partial charge in [0.1, 0.15) is 5.82 Å². The standard InChI is InChI=1S/C10H10ClFO/c1-13-10(4-5-10)8-6-7(12)2-3-9(8)11/h2-3,6H,4-5H2,1H3. The maximum atomic E-state index is 12.9. The summed E-state index contributed by atoms with van der Waals surface area (Å²) in [4.78, 5) is 0. The fourth-order valence-electron chi connectivity index (χ4n) is 1.54. The van der Waals surface area contributed by atoms with Gasteiger partial charge in [0.05, 0.1) is 5.60 Å². The molecule has 1 nitrogen and oxygen atoms in total. The first-order valence-electron chi connectivity index (χ1n) is 4.19. The monoisotopic (exact) mass is 200 g/mol. The lowest BCUT2D eigenvalue weighted by Crippen LogP contribution is -2.09. The second-order valence-electron chi connectivity index (χ2n) is 3.32. The van der Waals surface area contributed by atoms with Gasteiger partial charge in [-0.05, 0) is 31.0 Å². The molecule has 0 radical (unpaired) electrons. The average Bonchev–Trinajstić information content (AvgIpc) is 2.90. The molecule has 0 amide bonds. The molecule has 1 aliphatic carbocycles. The first-order chi connectivity index (χ1) is 6.18. The summed E-state index contributed by atoms with van der Waals surface area (Å²) in [6.07, 6.45) is 1.85. The maximum Gasteiger partial charge on any atom is 0.123 e. The molecule has 1 aromatic rings. The number of benzene rings is 1. The van der Waals surface area contributed by atoms with Crippen molar-refractivity contribution in [1.29, 1.82) is 0 Å². The van der Waals surface area contributed by atoms with Gasteiger partial charge in [0, 0.05) is 17.7 Å². The van der Waals surface area contributed by atoms with Crippen molar-refractivity contribution in [3.63, 3.8) is 0 Å². The summed E-state index contributed by atoms with van der Waals surface area (Å²) in [7, 11) is 1.63. The maximum absolute atomic E-state index is 12.9. The van der Waals surface area contributed by atoms with Crippen molar-refractivity contribution in [2.75, 3.05) is 7.11 Å². The molecule has 0 heterocycles. The predicted octanol–water partition coefficient (Wildman–Crippen LogP) is 3.11. The SMILES string of the molecule is COC1(c2cc(F)ccc2Cl)CC1. The topological polar surface area (TPSA) is 9.23 Å². The molecule has 0 atom stereocenters. The Hall–Kier alpha value is -0.600. The summed E-state index contributed by atoms with van der Waals surface area (Å²) in [6, 6.07) is 4.39. The molecule has 1 aromatic carbocycles. The van der Waals surface area contributed by atoms with Crippen molar-refractivity contribution in [2.45, 2.75) is 18.4 Å². The van der Waals surface area contributed by atoms with Crippen LogP contribution in [0, 0.1) is 5.82 Å². The molecule has 1 fully saturated rings. The second-order valence-corrected chi connectivity index (χ2v) is 3.73. The summed E-state index contributed by atoms with van der Waals surface area (Å²) in [5.41, 5.74) is 0.468. The van der Waals surface area contributed by atoms with Crippen LogP contribution in [0.2, 0.25) is 5.02 Å². The molecule has 0 aromatic heterocycles. The number of halogens is 2. The van der Waals surface area contributed by atoms with E-state index in [4.69, 9.17) is 16.3 Å². The van der Waals surface area contributed by atoms with E-state index in [0.29, 0.717) is 5.02 Å². The van der Waals surface area contributed by atoms with Gasteiger partial charge in [-0.1, -0.05) is 11.6 Å². The Morgan fingerprint density at radius 3 is 2.69 bits per heavy atom. The van der Waals surface area contributed by atoms with Crippen LogP contribution < -0.4 is 0 Å². The minimum Gasteiger partial charge on any atom is -0.373 e. The normalized spacial score (nSPS) is 18.7. The van der Waals surface area contributed by atoms with E-state index >= 15 is 0 Å². The van der Waals surface area contributed by atoms with Gasteiger partial charge in [0.15, 0.2) is 0 Å². The largest absolute Gasteiger partial charge is 0.373 e. The van der Waals surface area contributed by atoms with Crippen LogP contribution in [-0.2, 0) is 10.3 Å². The fourth-order valence-corrected chi connectivity index (χ4v) is 1.83. The lowest BCUT2D eigenvalue weighted by molar-refractivity contribution is 0.0787. The van der Waals surface area contributed by atoms with Crippen LogP contribution in [0.3, 0.4) is 0 Å². The molecule has 3 heteroatoms. The van der Waals surface area contributed by atoms with Gasteiger partial charge < -0.3 is 4.74 Å². The van der Waals surface area contributed by atoms with Gasteiger partial charge in [-0.3, -0.25) is 0 Å². The summed E-state index contributed by atoms with van der Waals surface area (Å²) in [6.45, 7) is 0. The third-order valence-corrected chi connectivity index (χ3v) is 2.84. The van der Waals surface area contributed by atoms with Crippen molar-refractivity contribution in [1.82, 2.24) is 0 Å². The van der Waals surface area contributed by atoms with E-state index in [1.165, 1.54) is 12.1 Å². The Balaban J connectivity index is 2.44. The number of ether oxygens (including phenoxy) is 1. The van der Waals surface area contributed by atoms with Gasteiger partial charge >= 0.3 is 0 Å². The van der Waals surface area contributed by atoms with Gasteiger partial charge in [-0.2, -0.15) is 0 Å². The smallest absolute Gasteiger partial charge is 0.123 e. The quantitative estimate of drug-likeness (QED) is 0.713. The number of methoxy groups -OCH3 is 1. The zero-order valence-electron chi connectivity index (χ0n) is 7.31. The van der Waals surface area contributed by atoms with Crippen LogP contribution in [0.1, 0.15) is 18.4 Å². The molecule has 0 saturated heterocycles. The molecule has 2 rings (SSSR count). The molecule has 0 bridgehead atoms. The Morgan fingerprint density at radius 2 is 2.15 bits per heavy atom. The van der Waals surface area contributed by atoms with Gasteiger partial charge in [-0.25, -0.2) is 4.39 Å². The minimum atomic E-state index is -0.306. The molecule has 1 aliphatic rings. The van der Waals surface area contributed by atoms with Crippen LogP contribution in [0.25, 0.3) is 0 Å². The van der Waals surface area contributed by atoms with Crippen molar-refractivity contribution >= 4 is 11.6 Å². The summed E-state index contributed by atoms with van der Waals surface area (Å²) < 4.78 is 18.2. The highest BCUT2D eigenvalue weighted by Gasteiger charge is 2.46. The average molecular weight is 201 g/mol. The van der Waals surface area contributed by atoms with E-state index in [1.807, 2.05) is 0 Å². The predicted molar refractivity (Wildman–Crippen MR) is 49.3 cm³/mol. The molecule has 0 N–H and O–H groups in total. The van der Waals surface area contributed by atoms with Crippen molar-refractivity contribution in [2.24, 2.45) is 0 Å². The van der Waals surface area contributed by atoms with Crippen LogP contribution in [0.4, 0.5) is 4.39 Å². The zero-order chi connectivity index (χ0) is 9.47.